The van der Waals surface area contributed by atoms with Crippen LogP contribution in [-0.4, -0.2) is 60.7 Å². The molecule has 0 aliphatic carbocycles. The van der Waals surface area contributed by atoms with Gasteiger partial charge in [0.15, 0.2) is 0 Å². The van der Waals surface area contributed by atoms with Gasteiger partial charge in [-0.25, -0.2) is 0 Å². The SMILES string of the molecule is O=[Si]=O.[K]. The zero-order chi connectivity index (χ0) is 2.71. The molecule has 1 radical (unpaired) electrons. The van der Waals surface area contributed by atoms with Crippen molar-refractivity contribution in [3.63, 3.8) is 0 Å². The van der Waals surface area contributed by atoms with Gasteiger partial charge in [0.2, 0.25) is 0 Å². The Kier molecular flexibility index (Phi) is 20.0. The van der Waals surface area contributed by atoms with Gasteiger partial charge in [0, 0.05) is 51.4 Å². The fourth-order valence-electron chi connectivity index (χ4n) is 0. The maximum atomic E-state index is 8.40. The largest absolute Gasteiger partial charge is 0.549 e. The van der Waals surface area contributed by atoms with Crippen molar-refractivity contribution in [2.75, 3.05) is 0 Å². The minimum Gasteiger partial charge on any atom is -0.274 e. The summed E-state index contributed by atoms with van der Waals surface area (Å²) in [5, 5.41) is 0. The number of hydrogen-bond donors (Lipinski definition) is 0. The van der Waals surface area contributed by atoms with Crippen molar-refractivity contribution in [1.82, 2.24) is 0 Å². The Labute approximate surface area is 68.3 Å². The molecule has 4 heavy (non-hydrogen) atoms. The molecule has 0 aromatic heterocycles. The van der Waals surface area contributed by atoms with Crippen LogP contribution in [-0.2, 0) is 8.92 Å². The zero-order valence-corrected chi connectivity index (χ0v) is 6.44. The standard InChI is InChI=1S/K.O2Si/c;1-3-2. The van der Waals surface area contributed by atoms with Crippen LogP contribution in [0.2, 0.25) is 0 Å². The van der Waals surface area contributed by atoms with Gasteiger partial charge in [0.1, 0.15) is 0 Å². The van der Waals surface area contributed by atoms with Gasteiger partial charge in [0.25, 0.3) is 0 Å². The predicted octanol–water partition coefficient (Wildman–Crippen LogP) is -0.999. The zero-order valence-electron chi connectivity index (χ0n) is 2.32. The first-order chi connectivity index (χ1) is 1.41. The Bertz CT molecular complexity index is 27.0. The fraction of sp³-hybridized carbons (Fsp3) is 0. The summed E-state index contributed by atoms with van der Waals surface area (Å²) in [6.45, 7) is 0. The van der Waals surface area contributed by atoms with Crippen LogP contribution in [0.15, 0.2) is 0 Å². The van der Waals surface area contributed by atoms with Gasteiger partial charge >= 0.3 is 9.29 Å². The van der Waals surface area contributed by atoms with E-state index in [1.807, 2.05) is 0 Å². The van der Waals surface area contributed by atoms with E-state index in [2.05, 4.69) is 0 Å². The quantitative estimate of drug-likeness (QED) is 0.365. The molecule has 0 bridgehead atoms. The van der Waals surface area contributed by atoms with Crippen molar-refractivity contribution in [2.24, 2.45) is 0 Å². The van der Waals surface area contributed by atoms with Crippen LogP contribution >= 0.6 is 0 Å². The van der Waals surface area contributed by atoms with Gasteiger partial charge in [-0.3, -0.25) is 8.92 Å². The molecule has 0 unspecified atom stereocenters. The van der Waals surface area contributed by atoms with Gasteiger partial charge in [-0.15, -0.1) is 0 Å². The van der Waals surface area contributed by atoms with Gasteiger partial charge in [-0.1, -0.05) is 0 Å². The molecule has 17 valence electrons. The molecule has 0 N–H and O–H groups in total. The molecule has 0 aromatic carbocycles. The van der Waals surface area contributed by atoms with Crippen LogP contribution in [0.25, 0.3) is 0 Å². The summed E-state index contributed by atoms with van der Waals surface area (Å²) < 4.78 is 16.8. The molecule has 0 aromatic rings. The van der Waals surface area contributed by atoms with Gasteiger partial charge in [0.05, 0.1) is 0 Å². The summed E-state index contributed by atoms with van der Waals surface area (Å²) in [5.41, 5.74) is 0. The van der Waals surface area contributed by atoms with E-state index in [1.54, 1.807) is 0 Å². The third-order valence-corrected chi connectivity index (χ3v) is 0. The molecule has 0 rings (SSSR count). The summed E-state index contributed by atoms with van der Waals surface area (Å²) in [4.78, 5) is 0. The topological polar surface area (TPSA) is 34.1 Å². The Balaban J connectivity index is 0. The molecule has 4 heteroatoms. The Hall–Kier alpha value is 1.45. The second-order valence-corrected chi connectivity index (χ2v) is 0.250. The molecular weight excluding hydrogens is 99.2 g/mol. The van der Waals surface area contributed by atoms with E-state index < -0.39 is 9.29 Å². The minimum absolute atomic E-state index is 0. The van der Waals surface area contributed by atoms with Crippen LogP contribution in [0.5, 0.6) is 0 Å². The van der Waals surface area contributed by atoms with Crippen molar-refractivity contribution < 1.29 is 8.92 Å². The first kappa shape index (κ1) is 9.07. The van der Waals surface area contributed by atoms with Gasteiger partial charge in [-0.2, -0.15) is 0 Å². The molecule has 0 fully saturated rings. The molecular formula is KO2Si. The molecule has 0 amide bonds. The monoisotopic (exact) mass is 98.9 g/mol. The molecule has 0 atom stereocenters. The van der Waals surface area contributed by atoms with Crippen LogP contribution < -0.4 is 0 Å². The normalized spacial score (nSPS) is 2.00. The average Bonchev–Trinajstić information content (AvgIpc) is 0.918. The third kappa shape index (κ3) is 9.84. The Morgan fingerprint density at radius 3 is 1.25 bits per heavy atom. The molecule has 0 spiro atoms. The Morgan fingerprint density at radius 1 is 1.25 bits per heavy atom. The van der Waals surface area contributed by atoms with Gasteiger partial charge in [-0.05, 0) is 0 Å². The van der Waals surface area contributed by atoms with Crippen LogP contribution in [0.4, 0.5) is 0 Å². The van der Waals surface area contributed by atoms with Gasteiger partial charge < -0.3 is 0 Å². The summed E-state index contributed by atoms with van der Waals surface area (Å²) in [7, 11) is -1.42. The maximum Gasteiger partial charge on any atom is 0.549 e. The van der Waals surface area contributed by atoms with Crippen LogP contribution in [0.1, 0.15) is 0 Å². The summed E-state index contributed by atoms with van der Waals surface area (Å²) >= 11 is 0. The molecule has 0 aliphatic rings. The van der Waals surface area contributed by atoms with Crippen molar-refractivity contribution >= 4 is 60.7 Å². The van der Waals surface area contributed by atoms with E-state index in [4.69, 9.17) is 8.92 Å². The number of hydrogen-bond acceptors (Lipinski definition) is 2. The molecule has 2 nitrogen and oxygen atoms in total. The minimum atomic E-state index is -1.42. The molecule has 0 saturated carbocycles. The first-order valence-corrected chi connectivity index (χ1v) is 1.22. The smallest absolute Gasteiger partial charge is 0.274 e. The van der Waals surface area contributed by atoms with Crippen molar-refractivity contribution in [1.29, 1.82) is 0 Å². The average molecular weight is 99.2 g/mol. The first-order valence-electron chi connectivity index (χ1n) is 0.408. The Morgan fingerprint density at radius 2 is 1.25 bits per heavy atom. The predicted molar refractivity (Wildman–Crippen MR) is 12.9 cm³/mol. The fourth-order valence-corrected chi connectivity index (χ4v) is 0. The van der Waals surface area contributed by atoms with Crippen LogP contribution in [0, 0.1) is 0 Å². The molecule has 0 heterocycles. The number of rotatable bonds is 0. The summed E-state index contributed by atoms with van der Waals surface area (Å²) in [6.07, 6.45) is 0. The second kappa shape index (κ2) is 8.82. The summed E-state index contributed by atoms with van der Waals surface area (Å²) in [6, 6.07) is 0. The second-order valence-electron chi connectivity index (χ2n) is 0.0833. The third-order valence-electron chi connectivity index (χ3n) is 0. The van der Waals surface area contributed by atoms with Crippen LogP contribution in [0.3, 0.4) is 0 Å². The molecule has 0 saturated heterocycles. The van der Waals surface area contributed by atoms with E-state index in [1.165, 1.54) is 0 Å². The maximum absolute atomic E-state index is 8.40. The molecule has 0 aliphatic heterocycles. The summed E-state index contributed by atoms with van der Waals surface area (Å²) in [5.74, 6) is 0. The van der Waals surface area contributed by atoms with Crippen molar-refractivity contribution in [3.8, 4) is 0 Å². The van der Waals surface area contributed by atoms with E-state index in [-0.39, 0.29) is 51.4 Å². The van der Waals surface area contributed by atoms with E-state index >= 15 is 0 Å². The van der Waals surface area contributed by atoms with E-state index in [0.717, 1.165) is 0 Å². The van der Waals surface area contributed by atoms with Crippen molar-refractivity contribution in [2.45, 2.75) is 0 Å². The van der Waals surface area contributed by atoms with E-state index in [9.17, 15) is 0 Å². The van der Waals surface area contributed by atoms with E-state index in [0.29, 0.717) is 0 Å². The van der Waals surface area contributed by atoms with Crippen molar-refractivity contribution in [3.05, 3.63) is 0 Å².